The summed E-state index contributed by atoms with van der Waals surface area (Å²) in [6, 6.07) is 6.26. The van der Waals surface area contributed by atoms with E-state index in [-0.39, 0.29) is 12.2 Å². The molecule has 0 fully saturated rings. The van der Waals surface area contributed by atoms with E-state index in [1.54, 1.807) is 6.07 Å². The zero-order valence-electron chi connectivity index (χ0n) is 8.65. The van der Waals surface area contributed by atoms with Gasteiger partial charge in [0.1, 0.15) is 17.4 Å². The van der Waals surface area contributed by atoms with E-state index in [9.17, 15) is 13.6 Å². The Morgan fingerprint density at radius 3 is 2.53 bits per heavy atom. The van der Waals surface area contributed by atoms with Crippen molar-refractivity contribution in [2.75, 3.05) is 0 Å². The molecule has 0 atom stereocenters. The van der Waals surface area contributed by atoms with E-state index in [1.165, 1.54) is 11.3 Å². The van der Waals surface area contributed by atoms with Gasteiger partial charge in [-0.25, -0.2) is 8.78 Å². The van der Waals surface area contributed by atoms with Gasteiger partial charge in [-0.1, -0.05) is 6.07 Å². The fourth-order valence-electron chi connectivity index (χ4n) is 1.31. The summed E-state index contributed by atoms with van der Waals surface area (Å²) in [5.41, 5.74) is 0. The van der Waals surface area contributed by atoms with Gasteiger partial charge in [0.25, 0.3) is 0 Å². The van der Waals surface area contributed by atoms with Crippen LogP contribution in [0.1, 0.15) is 4.88 Å². The maximum absolute atomic E-state index is 12.8. The lowest BCUT2D eigenvalue weighted by atomic mass is 10.3. The number of esters is 1. The molecule has 0 bridgehead atoms. The smallest absolute Gasteiger partial charge is 0.316 e. The number of thiophene rings is 1. The second-order valence-corrected chi connectivity index (χ2v) is 4.37. The summed E-state index contributed by atoms with van der Waals surface area (Å²) < 4.78 is 30.5. The van der Waals surface area contributed by atoms with E-state index in [2.05, 4.69) is 0 Å². The van der Waals surface area contributed by atoms with Gasteiger partial charge < -0.3 is 4.74 Å². The summed E-state index contributed by atoms with van der Waals surface area (Å²) in [7, 11) is 0. The van der Waals surface area contributed by atoms with Crippen molar-refractivity contribution in [3.63, 3.8) is 0 Å². The van der Waals surface area contributed by atoms with Gasteiger partial charge in [0.05, 0.1) is 6.42 Å². The van der Waals surface area contributed by atoms with E-state index in [0.717, 1.165) is 23.1 Å². The Labute approximate surface area is 100 Å². The minimum absolute atomic E-state index is 0.0931. The monoisotopic (exact) mass is 254 g/mol. The average Bonchev–Trinajstić information content (AvgIpc) is 2.67. The van der Waals surface area contributed by atoms with Crippen LogP contribution in [0.2, 0.25) is 0 Å². The van der Waals surface area contributed by atoms with Crippen LogP contribution in [0.25, 0.3) is 0 Å². The second kappa shape index (κ2) is 5.05. The van der Waals surface area contributed by atoms with Crippen LogP contribution >= 0.6 is 11.3 Å². The fraction of sp³-hybridized carbons (Fsp3) is 0.0833. The topological polar surface area (TPSA) is 26.3 Å². The third kappa shape index (κ3) is 3.35. The number of hydrogen-bond donors (Lipinski definition) is 0. The number of rotatable bonds is 3. The van der Waals surface area contributed by atoms with Crippen LogP contribution in [0.4, 0.5) is 8.78 Å². The van der Waals surface area contributed by atoms with Gasteiger partial charge in [0.15, 0.2) is 0 Å². The van der Waals surface area contributed by atoms with Crippen LogP contribution in [-0.4, -0.2) is 5.97 Å². The third-order valence-electron chi connectivity index (χ3n) is 1.97. The van der Waals surface area contributed by atoms with Gasteiger partial charge >= 0.3 is 5.97 Å². The van der Waals surface area contributed by atoms with Gasteiger partial charge in [-0.2, -0.15) is 0 Å². The third-order valence-corrected chi connectivity index (χ3v) is 2.84. The molecule has 0 radical (unpaired) electrons. The lowest BCUT2D eigenvalue weighted by molar-refractivity contribution is -0.133. The van der Waals surface area contributed by atoms with Crippen molar-refractivity contribution in [2.24, 2.45) is 0 Å². The Morgan fingerprint density at radius 2 is 1.94 bits per heavy atom. The Hall–Kier alpha value is -1.75. The molecular formula is C12H8F2O2S. The lowest BCUT2D eigenvalue weighted by Crippen LogP contribution is -2.10. The molecule has 0 aliphatic carbocycles. The molecule has 0 amide bonds. The summed E-state index contributed by atoms with van der Waals surface area (Å²) in [6.07, 6.45) is 0.0931. The standard InChI is InChI=1S/C12H8F2O2S/c13-8-4-9(14)6-10(5-8)16-12(15)7-11-2-1-3-17-11/h1-6H,7H2. The SMILES string of the molecule is O=C(Cc1cccs1)Oc1cc(F)cc(F)c1. The first kappa shape index (κ1) is 11.7. The molecule has 0 N–H and O–H groups in total. The first-order valence-electron chi connectivity index (χ1n) is 4.82. The number of benzene rings is 1. The van der Waals surface area contributed by atoms with E-state index in [1.807, 2.05) is 11.4 Å². The number of ether oxygens (including phenoxy) is 1. The quantitative estimate of drug-likeness (QED) is 0.621. The molecule has 0 spiro atoms. The highest BCUT2D eigenvalue weighted by atomic mass is 32.1. The molecule has 17 heavy (non-hydrogen) atoms. The summed E-state index contributed by atoms with van der Waals surface area (Å²) in [4.78, 5) is 12.3. The Bertz CT molecular complexity index is 503. The van der Waals surface area contributed by atoms with Crippen molar-refractivity contribution in [2.45, 2.75) is 6.42 Å². The molecule has 0 aliphatic rings. The molecule has 0 aliphatic heterocycles. The van der Waals surface area contributed by atoms with Crippen LogP contribution in [0.15, 0.2) is 35.7 Å². The molecule has 0 saturated carbocycles. The Morgan fingerprint density at radius 1 is 1.24 bits per heavy atom. The average molecular weight is 254 g/mol. The summed E-state index contributed by atoms with van der Waals surface area (Å²) in [6.45, 7) is 0. The van der Waals surface area contributed by atoms with Crippen molar-refractivity contribution < 1.29 is 18.3 Å². The van der Waals surface area contributed by atoms with E-state index >= 15 is 0 Å². The zero-order chi connectivity index (χ0) is 12.3. The van der Waals surface area contributed by atoms with Crippen molar-refractivity contribution in [3.8, 4) is 5.75 Å². The van der Waals surface area contributed by atoms with E-state index in [0.29, 0.717) is 0 Å². The van der Waals surface area contributed by atoms with Gasteiger partial charge in [-0.15, -0.1) is 11.3 Å². The molecule has 1 aromatic carbocycles. The first-order chi connectivity index (χ1) is 8.13. The zero-order valence-corrected chi connectivity index (χ0v) is 9.47. The number of carbonyl (C=O) groups is 1. The maximum atomic E-state index is 12.8. The molecule has 1 heterocycles. The largest absolute Gasteiger partial charge is 0.426 e. The molecule has 88 valence electrons. The summed E-state index contributed by atoms with van der Waals surface area (Å²) in [5.74, 6) is -2.21. The first-order valence-corrected chi connectivity index (χ1v) is 5.70. The predicted molar refractivity (Wildman–Crippen MR) is 60.0 cm³/mol. The molecular weight excluding hydrogens is 246 g/mol. The maximum Gasteiger partial charge on any atom is 0.316 e. The highest BCUT2D eigenvalue weighted by Crippen LogP contribution is 2.17. The second-order valence-electron chi connectivity index (χ2n) is 3.34. The van der Waals surface area contributed by atoms with Gasteiger partial charge in [0.2, 0.25) is 0 Å². The van der Waals surface area contributed by atoms with Crippen molar-refractivity contribution >= 4 is 17.3 Å². The lowest BCUT2D eigenvalue weighted by Gasteiger charge is -2.03. The highest BCUT2D eigenvalue weighted by Gasteiger charge is 2.09. The van der Waals surface area contributed by atoms with Gasteiger partial charge in [-0.3, -0.25) is 4.79 Å². The van der Waals surface area contributed by atoms with E-state index < -0.39 is 17.6 Å². The Balaban J connectivity index is 2.03. The number of halogens is 2. The van der Waals surface area contributed by atoms with Crippen LogP contribution in [0, 0.1) is 11.6 Å². The van der Waals surface area contributed by atoms with Crippen molar-refractivity contribution in [1.82, 2.24) is 0 Å². The van der Waals surface area contributed by atoms with Gasteiger partial charge in [0, 0.05) is 23.1 Å². The summed E-state index contributed by atoms with van der Waals surface area (Å²) in [5, 5.41) is 1.84. The minimum Gasteiger partial charge on any atom is -0.426 e. The Kier molecular flexibility index (Phi) is 3.49. The molecule has 2 rings (SSSR count). The van der Waals surface area contributed by atoms with E-state index in [4.69, 9.17) is 4.74 Å². The van der Waals surface area contributed by atoms with Crippen molar-refractivity contribution in [1.29, 1.82) is 0 Å². The highest BCUT2D eigenvalue weighted by molar-refractivity contribution is 7.10. The van der Waals surface area contributed by atoms with Crippen LogP contribution in [0.3, 0.4) is 0 Å². The van der Waals surface area contributed by atoms with Crippen LogP contribution in [0.5, 0.6) is 5.75 Å². The van der Waals surface area contributed by atoms with Crippen LogP contribution in [-0.2, 0) is 11.2 Å². The van der Waals surface area contributed by atoms with Gasteiger partial charge in [-0.05, 0) is 11.4 Å². The number of hydrogen-bond acceptors (Lipinski definition) is 3. The minimum atomic E-state index is -0.774. The molecule has 2 aromatic rings. The predicted octanol–water partition coefficient (Wildman–Crippen LogP) is 3.17. The molecule has 0 unspecified atom stereocenters. The molecule has 2 nitrogen and oxygen atoms in total. The van der Waals surface area contributed by atoms with Crippen molar-refractivity contribution in [3.05, 3.63) is 52.2 Å². The fourth-order valence-corrected chi connectivity index (χ4v) is 2.00. The molecule has 0 saturated heterocycles. The van der Waals surface area contributed by atoms with Crippen LogP contribution < -0.4 is 4.74 Å². The molecule has 5 heteroatoms. The summed E-state index contributed by atoms with van der Waals surface area (Å²) >= 11 is 1.42. The normalized spacial score (nSPS) is 10.2. The molecule has 1 aromatic heterocycles. The number of carbonyl (C=O) groups excluding carboxylic acids is 1.